The highest BCUT2D eigenvalue weighted by Crippen LogP contribution is 2.30. The predicted molar refractivity (Wildman–Crippen MR) is 69.7 cm³/mol. The van der Waals surface area contributed by atoms with E-state index in [1.807, 2.05) is 0 Å². The largest absolute Gasteiger partial charge is 0.342 e. The van der Waals surface area contributed by atoms with Gasteiger partial charge in [-0.25, -0.2) is 0 Å². The summed E-state index contributed by atoms with van der Waals surface area (Å²) >= 11 is 3.66. The lowest BCUT2D eigenvalue weighted by atomic mass is 9.93. The van der Waals surface area contributed by atoms with E-state index in [-0.39, 0.29) is 0 Å². The highest BCUT2D eigenvalue weighted by atomic mass is 79.9. The minimum atomic E-state index is 0.359. The third kappa shape index (κ3) is 2.79. The SMILES string of the molecule is CC(Br)C1CCN(C(=O)C2CCCC2)CC1. The van der Waals surface area contributed by atoms with Crippen molar-refractivity contribution in [3.63, 3.8) is 0 Å². The molecule has 2 nitrogen and oxygen atoms in total. The minimum Gasteiger partial charge on any atom is -0.342 e. The van der Waals surface area contributed by atoms with Crippen LogP contribution in [0.4, 0.5) is 0 Å². The molecule has 1 amide bonds. The van der Waals surface area contributed by atoms with E-state index in [2.05, 4.69) is 27.8 Å². The van der Waals surface area contributed by atoms with Crippen molar-refractivity contribution in [3.05, 3.63) is 0 Å². The van der Waals surface area contributed by atoms with Crippen molar-refractivity contribution < 1.29 is 4.79 Å². The van der Waals surface area contributed by atoms with Gasteiger partial charge in [0.25, 0.3) is 0 Å². The molecule has 1 saturated carbocycles. The Morgan fingerprint density at radius 1 is 1.19 bits per heavy atom. The number of halogens is 1. The molecule has 0 N–H and O–H groups in total. The van der Waals surface area contributed by atoms with E-state index >= 15 is 0 Å². The molecule has 2 fully saturated rings. The van der Waals surface area contributed by atoms with Crippen molar-refractivity contribution >= 4 is 21.8 Å². The van der Waals surface area contributed by atoms with E-state index in [0.717, 1.165) is 31.8 Å². The molecule has 3 heteroatoms. The smallest absolute Gasteiger partial charge is 0.225 e. The van der Waals surface area contributed by atoms with Crippen LogP contribution in [-0.4, -0.2) is 28.7 Å². The van der Waals surface area contributed by atoms with Crippen LogP contribution in [0, 0.1) is 11.8 Å². The molecule has 0 aromatic heterocycles. The lowest BCUT2D eigenvalue weighted by molar-refractivity contribution is -0.136. The van der Waals surface area contributed by atoms with Gasteiger partial charge in [0, 0.05) is 23.8 Å². The van der Waals surface area contributed by atoms with E-state index < -0.39 is 0 Å². The van der Waals surface area contributed by atoms with Crippen LogP contribution in [0.5, 0.6) is 0 Å². The number of carbonyl (C=O) groups excluding carboxylic acids is 1. The van der Waals surface area contributed by atoms with Gasteiger partial charge in [-0.15, -0.1) is 0 Å². The van der Waals surface area contributed by atoms with E-state index in [1.54, 1.807) is 0 Å². The summed E-state index contributed by atoms with van der Waals surface area (Å²) in [6.45, 7) is 4.19. The van der Waals surface area contributed by atoms with E-state index in [9.17, 15) is 4.79 Å². The third-order valence-corrected chi connectivity index (χ3v) is 4.95. The summed E-state index contributed by atoms with van der Waals surface area (Å²) in [5.74, 6) is 1.56. The normalized spacial score (nSPS) is 26.0. The summed E-state index contributed by atoms with van der Waals surface area (Å²) in [5.41, 5.74) is 0. The van der Waals surface area contributed by atoms with Crippen molar-refractivity contribution in [2.45, 2.75) is 50.3 Å². The van der Waals surface area contributed by atoms with Gasteiger partial charge in [-0.1, -0.05) is 35.7 Å². The first-order valence-corrected chi connectivity index (χ1v) is 7.53. The molecule has 1 aliphatic heterocycles. The van der Waals surface area contributed by atoms with Gasteiger partial charge in [0.2, 0.25) is 5.91 Å². The summed E-state index contributed by atoms with van der Waals surface area (Å²) in [5, 5.41) is 0. The Kier molecular flexibility index (Phi) is 4.28. The van der Waals surface area contributed by atoms with Crippen LogP contribution in [0.3, 0.4) is 0 Å². The van der Waals surface area contributed by atoms with Gasteiger partial charge in [0.05, 0.1) is 0 Å². The molecule has 2 rings (SSSR count). The molecule has 16 heavy (non-hydrogen) atoms. The van der Waals surface area contributed by atoms with Crippen molar-refractivity contribution in [1.29, 1.82) is 0 Å². The summed E-state index contributed by atoms with van der Waals surface area (Å²) in [4.78, 5) is 14.9. The molecule has 1 aliphatic carbocycles. The molecule has 1 saturated heterocycles. The van der Waals surface area contributed by atoms with Crippen molar-refractivity contribution in [1.82, 2.24) is 4.90 Å². The molecule has 0 spiro atoms. The summed E-state index contributed by atoms with van der Waals surface area (Å²) in [6.07, 6.45) is 7.12. The third-order valence-electron chi connectivity index (χ3n) is 4.21. The average Bonchev–Trinajstić information content (AvgIpc) is 2.81. The molecule has 0 bridgehead atoms. The van der Waals surface area contributed by atoms with Crippen molar-refractivity contribution in [3.8, 4) is 0 Å². The molecule has 0 aromatic rings. The number of likely N-dealkylation sites (tertiary alicyclic amines) is 1. The number of carbonyl (C=O) groups is 1. The number of piperidine rings is 1. The fourth-order valence-corrected chi connectivity index (χ4v) is 3.54. The summed E-state index contributed by atoms with van der Waals surface area (Å²) in [7, 11) is 0. The molecular weight excluding hydrogens is 266 g/mol. The standard InChI is InChI=1S/C13H22BrNO/c1-10(14)11-6-8-15(9-7-11)13(16)12-4-2-3-5-12/h10-12H,2-9H2,1H3. The van der Waals surface area contributed by atoms with Crippen LogP contribution in [0.1, 0.15) is 45.4 Å². The zero-order valence-electron chi connectivity index (χ0n) is 10.1. The molecule has 1 heterocycles. The number of rotatable bonds is 2. The number of hydrogen-bond donors (Lipinski definition) is 0. The second-order valence-electron chi connectivity index (χ2n) is 5.32. The van der Waals surface area contributed by atoms with Gasteiger partial charge in [0.15, 0.2) is 0 Å². The highest BCUT2D eigenvalue weighted by molar-refractivity contribution is 9.09. The minimum absolute atomic E-state index is 0.359. The molecule has 1 atom stereocenters. The van der Waals surface area contributed by atoms with Crippen LogP contribution in [0.25, 0.3) is 0 Å². The van der Waals surface area contributed by atoms with Gasteiger partial charge < -0.3 is 4.90 Å². The average molecular weight is 288 g/mol. The monoisotopic (exact) mass is 287 g/mol. The number of nitrogens with zero attached hydrogens (tertiary/aromatic N) is 1. The maximum atomic E-state index is 12.2. The number of amides is 1. The van der Waals surface area contributed by atoms with Gasteiger partial charge in [-0.3, -0.25) is 4.79 Å². The highest BCUT2D eigenvalue weighted by Gasteiger charge is 2.30. The Bertz CT molecular complexity index is 240. The number of hydrogen-bond acceptors (Lipinski definition) is 1. The van der Waals surface area contributed by atoms with Crippen LogP contribution < -0.4 is 0 Å². The lowest BCUT2D eigenvalue weighted by Crippen LogP contribution is -2.42. The molecule has 1 unspecified atom stereocenters. The van der Waals surface area contributed by atoms with Gasteiger partial charge in [0.1, 0.15) is 0 Å². The second-order valence-corrected chi connectivity index (χ2v) is 6.77. The molecule has 2 aliphatic rings. The molecule has 0 radical (unpaired) electrons. The maximum Gasteiger partial charge on any atom is 0.225 e. The van der Waals surface area contributed by atoms with Gasteiger partial charge in [-0.2, -0.15) is 0 Å². The maximum absolute atomic E-state index is 12.2. The lowest BCUT2D eigenvalue weighted by Gasteiger charge is -2.34. The summed E-state index contributed by atoms with van der Waals surface area (Å²) in [6, 6.07) is 0. The zero-order valence-corrected chi connectivity index (χ0v) is 11.7. The zero-order chi connectivity index (χ0) is 11.5. The Morgan fingerprint density at radius 3 is 2.25 bits per heavy atom. The molecule has 0 aromatic carbocycles. The summed E-state index contributed by atoms with van der Waals surface area (Å²) < 4.78 is 0. The Balaban J connectivity index is 1.81. The van der Waals surface area contributed by atoms with E-state index in [0.29, 0.717) is 16.7 Å². The van der Waals surface area contributed by atoms with Crippen molar-refractivity contribution in [2.24, 2.45) is 11.8 Å². The van der Waals surface area contributed by atoms with Crippen LogP contribution in [-0.2, 0) is 4.79 Å². The van der Waals surface area contributed by atoms with Gasteiger partial charge in [-0.05, 0) is 31.6 Å². The van der Waals surface area contributed by atoms with E-state index in [1.165, 1.54) is 25.7 Å². The predicted octanol–water partition coefficient (Wildman–Crippen LogP) is 3.20. The molecular formula is C13H22BrNO. The Morgan fingerprint density at radius 2 is 1.75 bits per heavy atom. The van der Waals surface area contributed by atoms with Crippen LogP contribution in [0.15, 0.2) is 0 Å². The van der Waals surface area contributed by atoms with E-state index in [4.69, 9.17) is 0 Å². The van der Waals surface area contributed by atoms with Crippen LogP contribution >= 0.6 is 15.9 Å². The Labute approximate surface area is 107 Å². The quantitative estimate of drug-likeness (QED) is 0.715. The fourth-order valence-electron chi connectivity index (χ4n) is 3.01. The second kappa shape index (κ2) is 5.52. The van der Waals surface area contributed by atoms with Gasteiger partial charge >= 0.3 is 0 Å². The first-order chi connectivity index (χ1) is 7.68. The molecule has 92 valence electrons. The fraction of sp³-hybridized carbons (Fsp3) is 0.923. The first-order valence-electron chi connectivity index (χ1n) is 6.61. The first kappa shape index (κ1) is 12.4. The topological polar surface area (TPSA) is 20.3 Å². The van der Waals surface area contributed by atoms with Crippen LogP contribution in [0.2, 0.25) is 0 Å². The number of alkyl halides is 1. The Hall–Kier alpha value is -0.0500. The van der Waals surface area contributed by atoms with Crippen molar-refractivity contribution in [2.75, 3.05) is 13.1 Å².